The molecule has 0 aliphatic carbocycles. The maximum absolute atomic E-state index is 6.44. The summed E-state index contributed by atoms with van der Waals surface area (Å²) in [4.78, 5) is 1.22. The van der Waals surface area contributed by atoms with Crippen LogP contribution in [0.1, 0.15) is 45.8 Å². The number of nitrogens with zero attached hydrogens (tertiary/aromatic N) is 2. The summed E-state index contributed by atoms with van der Waals surface area (Å²) in [6, 6.07) is 16.7. The van der Waals surface area contributed by atoms with Crippen molar-refractivity contribution >= 4 is 28.6 Å². The van der Waals surface area contributed by atoms with Crippen LogP contribution >= 0.6 is 22.9 Å². The molecule has 3 nitrogen and oxygen atoms in total. The highest BCUT2D eigenvalue weighted by atomic mass is 35.5. The summed E-state index contributed by atoms with van der Waals surface area (Å²) in [7, 11) is 0. The third kappa shape index (κ3) is 2.84. The Kier molecular flexibility index (Phi) is 3.99. The highest BCUT2D eigenvalue weighted by Crippen LogP contribution is 2.48. The molecule has 5 heteroatoms. The largest absolute Gasteiger partial charge is 0.464 e. The second-order valence-electron chi connectivity index (χ2n) is 7.14. The van der Waals surface area contributed by atoms with Crippen LogP contribution in [-0.2, 0) is 0 Å². The third-order valence-corrected chi connectivity index (χ3v) is 6.40. The van der Waals surface area contributed by atoms with Gasteiger partial charge in [-0.1, -0.05) is 41.4 Å². The summed E-state index contributed by atoms with van der Waals surface area (Å²) in [5.41, 5.74) is 5.85. The molecule has 2 aliphatic rings. The molecule has 2 aliphatic heterocycles. The first-order valence-corrected chi connectivity index (χ1v) is 10.3. The van der Waals surface area contributed by atoms with Crippen LogP contribution in [0.2, 0.25) is 5.02 Å². The van der Waals surface area contributed by atoms with Gasteiger partial charge in [-0.25, -0.2) is 5.01 Å². The second-order valence-corrected chi connectivity index (χ2v) is 8.52. The summed E-state index contributed by atoms with van der Waals surface area (Å²) in [6.45, 7) is 4.25. The Morgan fingerprint density at radius 3 is 2.78 bits per heavy atom. The fraction of sp³-hybridized carbons (Fsp3) is 0.227. The van der Waals surface area contributed by atoms with Gasteiger partial charge in [-0.3, -0.25) is 0 Å². The molecule has 0 saturated carbocycles. The lowest BCUT2D eigenvalue weighted by Gasteiger charge is -2.38. The van der Waals surface area contributed by atoms with Crippen molar-refractivity contribution in [2.75, 3.05) is 0 Å². The minimum Gasteiger partial charge on any atom is -0.464 e. The minimum absolute atomic E-state index is 0.134. The zero-order valence-corrected chi connectivity index (χ0v) is 16.7. The summed E-state index contributed by atoms with van der Waals surface area (Å²) >= 11 is 8.02. The SMILES string of the molecule is Cc1ccc(C2Oc3ccc(Cl)cc3C3CC(c4cccs4)=NN32)c(C)c1. The summed E-state index contributed by atoms with van der Waals surface area (Å²) in [5.74, 6) is 0.897. The van der Waals surface area contributed by atoms with Crippen molar-refractivity contribution in [3.8, 4) is 5.75 Å². The quantitative estimate of drug-likeness (QED) is 0.512. The molecule has 2 atom stereocenters. The molecule has 2 aromatic carbocycles. The molecule has 3 aromatic rings. The lowest BCUT2D eigenvalue weighted by molar-refractivity contribution is -0.0194. The number of thiophene rings is 1. The molecule has 136 valence electrons. The first-order chi connectivity index (χ1) is 13.1. The van der Waals surface area contributed by atoms with Gasteiger partial charge in [0, 0.05) is 22.6 Å². The second kappa shape index (κ2) is 6.39. The van der Waals surface area contributed by atoms with Crippen molar-refractivity contribution in [2.45, 2.75) is 32.5 Å². The molecule has 3 heterocycles. The number of benzene rings is 2. The van der Waals surface area contributed by atoms with Gasteiger partial charge in [-0.05, 0) is 49.1 Å². The fourth-order valence-corrected chi connectivity index (χ4v) is 4.86. The van der Waals surface area contributed by atoms with E-state index >= 15 is 0 Å². The first-order valence-electron chi connectivity index (χ1n) is 9.03. The maximum atomic E-state index is 6.44. The Balaban J connectivity index is 1.64. The van der Waals surface area contributed by atoms with Gasteiger partial charge in [0.05, 0.1) is 16.6 Å². The predicted molar refractivity (Wildman–Crippen MR) is 111 cm³/mol. The van der Waals surface area contributed by atoms with Crippen LogP contribution in [0.3, 0.4) is 0 Å². The Morgan fingerprint density at radius 1 is 1.11 bits per heavy atom. The van der Waals surface area contributed by atoms with Crippen LogP contribution in [0.25, 0.3) is 0 Å². The van der Waals surface area contributed by atoms with Gasteiger partial charge in [0.15, 0.2) is 0 Å². The Bertz CT molecular complexity index is 1040. The zero-order valence-electron chi connectivity index (χ0n) is 15.1. The van der Waals surface area contributed by atoms with Crippen LogP contribution in [0.15, 0.2) is 59.0 Å². The number of hydrogen-bond donors (Lipinski definition) is 0. The Morgan fingerprint density at radius 2 is 2.00 bits per heavy atom. The standard InChI is InChI=1S/C22H19ClN2OS/c1-13-5-7-16(14(2)10-13)22-25-19(12-18(24-25)21-4-3-9-27-21)17-11-15(23)6-8-20(17)26-22/h3-11,19,22H,12H2,1-2H3. The van der Waals surface area contributed by atoms with Crippen molar-refractivity contribution in [3.63, 3.8) is 0 Å². The monoisotopic (exact) mass is 394 g/mol. The van der Waals surface area contributed by atoms with Gasteiger partial charge in [-0.2, -0.15) is 5.10 Å². The molecule has 2 unspecified atom stereocenters. The maximum Gasteiger partial charge on any atom is 0.214 e. The molecule has 5 rings (SSSR count). The molecule has 0 bridgehead atoms. The van der Waals surface area contributed by atoms with Crippen LogP contribution in [0.5, 0.6) is 5.75 Å². The van der Waals surface area contributed by atoms with Crippen LogP contribution < -0.4 is 4.74 Å². The van der Waals surface area contributed by atoms with Gasteiger partial charge < -0.3 is 4.74 Å². The molecule has 0 saturated heterocycles. The topological polar surface area (TPSA) is 24.8 Å². The molecule has 0 N–H and O–H groups in total. The van der Waals surface area contributed by atoms with Gasteiger partial charge >= 0.3 is 0 Å². The summed E-state index contributed by atoms with van der Waals surface area (Å²) in [6.07, 6.45) is 0.625. The van der Waals surface area contributed by atoms with Gasteiger partial charge in [-0.15, -0.1) is 11.3 Å². The average molecular weight is 395 g/mol. The number of ether oxygens (including phenoxy) is 1. The lowest BCUT2D eigenvalue weighted by atomic mass is 9.96. The number of fused-ring (bicyclic) bond motifs is 3. The van der Waals surface area contributed by atoms with Crippen molar-refractivity contribution in [3.05, 3.63) is 86.1 Å². The average Bonchev–Trinajstić information content (AvgIpc) is 3.31. The van der Waals surface area contributed by atoms with Crippen LogP contribution in [0, 0.1) is 13.8 Å². The molecule has 27 heavy (non-hydrogen) atoms. The van der Waals surface area contributed by atoms with E-state index in [1.165, 1.54) is 16.0 Å². The van der Waals surface area contributed by atoms with Gasteiger partial charge in [0.2, 0.25) is 6.23 Å². The molecular formula is C22H19ClN2OS. The van der Waals surface area contributed by atoms with Crippen molar-refractivity contribution in [2.24, 2.45) is 5.10 Å². The van der Waals surface area contributed by atoms with Crippen molar-refractivity contribution in [1.29, 1.82) is 0 Å². The predicted octanol–water partition coefficient (Wildman–Crippen LogP) is 6.26. The van der Waals surface area contributed by atoms with E-state index in [9.17, 15) is 0 Å². The van der Waals surface area contributed by atoms with Crippen molar-refractivity contribution in [1.82, 2.24) is 5.01 Å². The number of halogens is 1. The van der Waals surface area contributed by atoms with E-state index in [0.717, 1.165) is 34.0 Å². The molecule has 0 amide bonds. The van der Waals surface area contributed by atoms with E-state index < -0.39 is 0 Å². The molecule has 0 spiro atoms. The lowest BCUT2D eigenvalue weighted by Crippen LogP contribution is -2.34. The minimum atomic E-state index is -0.235. The third-order valence-electron chi connectivity index (χ3n) is 5.25. The van der Waals surface area contributed by atoms with E-state index in [4.69, 9.17) is 21.4 Å². The molecular weight excluding hydrogens is 376 g/mol. The van der Waals surface area contributed by atoms with Crippen molar-refractivity contribution < 1.29 is 4.74 Å². The van der Waals surface area contributed by atoms with Gasteiger partial charge in [0.25, 0.3) is 0 Å². The first kappa shape index (κ1) is 16.8. The smallest absolute Gasteiger partial charge is 0.214 e. The summed E-state index contributed by atoms with van der Waals surface area (Å²) in [5, 5.41) is 9.94. The highest BCUT2D eigenvalue weighted by molar-refractivity contribution is 7.12. The van der Waals surface area contributed by atoms with E-state index in [0.29, 0.717) is 0 Å². The number of hydrogen-bond acceptors (Lipinski definition) is 4. The zero-order chi connectivity index (χ0) is 18.5. The molecule has 0 radical (unpaired) electrons. The molecule has 1 aromatic heterocycles. The number of rotatable bonds is 2. The number of hydrazone groups is 1. The fourth-order valence-electron chi connectivity index (χ4n) is 3.96. The highest BCUT2D eigenvalue weighted by Gasteiger charge is 2.41. The number of aryl methyl sites for hydroxylation is 2. The van der Waals surface area contributed by atoms with E-state index in [1.54, 1.807) is 11.3 Å². The van der Waals surface area contributed by atoms with E-state index in [1.807, 2.05) is 18.2 Å². The van der Waals surface area contributed by atoms with E-state index in [2.05, 4.69) is 54.6 Å². The Hall–Kier alpha value is -2.30. The molecule has 0 fully saturated rings. The van der Waals surface area contributed by atoms with Crippen LogP contribution in [0.4, 0.5) is 0 Å². The normalized spacial score (nSPS) is 20.7. The summed E-state index contributed by atoms with van der Waals surface area (Å²) < 4.78 is 6.44. The van der Waals surface area contributed by atoms with Crippen LogP contribution in [-0.4, -0.2) is 10.7 Å². The van der Waals surface area contributed by atoms with Gasteiger partial charge in [0.1, 0.15) is 5.75 Å². The van der Waals surface area contributed by atoms with E-state index in [-0.39, 0.29) is 12.3 Å². The Labute approximate surface area is 167 Å².